The van der Waals surface area contributed by atoms with Crippen molar-refractivity contribution in [1.82, 2.24) is 20.2 Å². The van der Waals surface area contributed by atoms with Gasteiger partial charge in [0.2, 0.25) is 0 Å². The average molecular weight is 627 g/mol. The minimum Gasteiger partial charge on any atom is -0.481 e. The highest BCUT2D eigenvalue weighted by Gasteiger charge is 2.38. The van der Waals surface area contributed by atoms with Crippen molar-refractivity contribution in [2.45, 2.75) is 78.3 Å². The van der Waals surface area contributed by atoms with Gasteiger partial charge < -0.3 is 14.9 Å². The molecule has 2 heterocycles. The molecule has 0 saturated heterocycles. The summed E-state index contributed by atoms with van der Waals surface area (Å²) in [6.07, 6.45) is -8.21. The number of alkyl halides is 6. The fourth-order valence-electron chi connectivity index (χ4n) is 5.62. The van der Waals surface area contributed by atoms with Gasteiger partial charge in [0.15, 0.2) is 0 Å². The molecule has 240 valence electrons. The normalized spacial score (nSPS) is 16.1. The van der Waals surface area contributed by atoms with Crippen LogP contribution < -0.4 is 9.80 Å². The molecule has 0 aliphatic carbocycles. The molecular formula is C30H36F6N6O2. The van der Waals surface area contributed by atoms with Gasteiger partial charge in [0.25, 0.3) is 5.95 Å². The predicted molar refractivity (Wildman–Crippen MR) is 152 cm³/mol. The van der Waals surface area contributed by atoms with E-state index in [4.69, 9.17) is 0 Å². The molecule has 1 aromatic heterocycles. The Morgan fingerprint density at radius 2 is 1.61 bits per heavy atom. The van der Waals surface area contributed by atoms with Crippen LogP contribution in [0.3, 0.4) is 0 Å². The molecule has 0 unspecified atom stereocenters. The number of benzene rings is 2. The van der Waals surface area contributed by atoms with Crippen LogP contribution in [0, 0.1) is 19.3 Å². The first-order valence-electron chi connectivity index (χ1n) is 14.2. The van der Waals surface area contributed by atoms with Crippen molar-refractivity contribution < 1.29 is 36.2 Å². The van der Waals surface area contributed by atoms with Crippen molar-refractivity contribution in [3.05, 3.63) is 63.7 Å². The van der Waals surface area contributed by atoms with Crippen LogP contribution in [0.2, 0.25) is 0 Å². The molecule has 44 heavy (non-hydrogen) atoms. The molecule has 0 spiro atoms. The van der Waals surface area contributed by atoms with Gasteiger partial charge in [-0.2, -0.15) is 31.1 Å². The topological polar surface area (TPSA) is 87.4 Å². The van der Waals surface area contributed by atoms with Crippen molar-refractivity contribution in [3.63, 3.8) is 0 Å². The maximum atomic E-state index is 13.7. The molecule has 0 amide bonds. The summed E-state index contributed by atoms with van der Waals surface area (Å²) in [5.41, 5.74) is 0.236. The van der Waals surface area contributed by atoms with Crippen molar-refractivity contribution in [2.75, 3.05) is 22.9 Å². The zero-order chi connectivity index (χ0) is 32.6. The Morgan fingerprint density at radius 3 is 2.16 bits per heavy atom. The fraction of sp³-hybridized carbons (Fsp3) is 0.533. The van der Waals surface area contributed by atoms with Crippen molar-refractivity contribution in [3.8, 4) is 0 Å². The maximum Gasteiger partial charge on any atom is 0.416 e. The number of rotatable bonds is 9. The van der Waals surface area contributed by atoms with Crippen molar-refractivity contribution in [2.24, 2.45) is 12.5 Å². The Labute approximate surface area is 251 Å². The second-order valence-electron chi connectivity index (χ2n) is 12.2. The van der Waals surface area contributed by atoms with Gasteiger partial charge in [-0.1, -0.05) is 25.0 Å². The zero-order valence-electron chi connectivity index (χ0n) is 25.2. The molecule has 0 radical (unpaired) electrons. The number of aryl methyl sites for hydroxylation is 3. The van der Waals surface area contributed by atoms with Crippen LogP contribution in [0.1, 0.15) is 79.0 Å². The summed E-state index contributed by atoms with van der Waals surface area (Å²) in [7, 11) is 1.52. The molecular weight excluding hydrogens is 590 g/mol. The van der Waals surface area contributed by atoms with E-state index in [1.54, 1.807) is 4.90 Å². The van der Waals surface area contributed by atoms with Gasteiger partial charge in [0, 0.05) is 25.3 Å². The number of carbonyl (C=O) groups is 1. The Morgan fingerprint density at radius 1 is 1.00 bits per heavy atom. The molecule has 1 aliphatic heterocycles. The predicted octanol–water partition coefficient (Wildman–Crippen LogP) is 7.10. The highest BCUT2D eigenvalue weighted by atomic mass is 19.4. The van der Waals surface area contributed by atoms with E-state index in [1.807, 2.05) is 39.8 Å². The molecule has 1 atom stereocenters. The molecule has 1 aliphatic rings. The van der Waals surface area contributed by atoms with Crippen LogP contribution in [0.15, 0.2) is 30.3 Å². The Balaban J connectivity index is 1.80. The van der Waals surface area contributed by atoms with Crippen molar-refractivity contribution in [1.29, 1.82) is 0 Å². The highest BCUT2D eigenvalue weighted by molar-refractivity contribution is 5.67. The molecule has 0 fully saturated rings. The van der Waals surface area contributed by atoms with Gasteiger partial charge in [-0.3, -0.25) is 4.79 Å². The Bertz CT molecular complexity index is 1470. The molecule has 0 saturated carbocycles. The summed E-state index contributed by atoms with van der Waals surface area (Å²) in [6.45, 7) is 8.55. The van der Waals surface area contributed by atoms with Gasteiger partial charge in [0.05, 0.1) is 30.6 Å². The fourth-order valence-corrected chi connectivity index (χ4v) is 5.62. The van der Waals surface area contributed by atoms with E-state index in [9.17, 15) is 36.2 Å². The Hall–Kier alpha value is -3.84. The summed E-state index contributed by atoms with van der Waals surface area (Å²) < 4.78 is 82.2. The van der Waals surface area contributed by atoms with Gasteiger partial charge >= 0.3 is 18.3 Å². The van der Waals surface area contributed by atoms with Crippen LogP contribution in [0.25, 0.3) is 0 Å². The van der Waals surface area contributed by atoms with E-state index in [-0.39, 0.29) is 30.5 Å². The number of fused-ring (bicyclic) bond motifs is 1. The molecule has 1 N–H and O–H groups in total. The molecule has 14 heteroatoms. The number of aliphatic carboxylic acids is 1. The summed E-state index contributed by atoms with van der Waals surface area (Å²) in [6, 6.07) is 5.09. The third kappa shape index (κ3) is 7.81. The van der Waals surface area contributed by atoms with Gasteiger partial charge in [-0.25, -0.2) is 0 Å². The van der Waals surface area contributed by atoms with Crippen molar-refractivity contribution >= 4 is 17.6 Å². The monoisotopic (exact) mass is 626 g/mol. The van der Waals surface area contributed by atoms with Crippen LogP contribution in [-0.2, 0) is 30.7 Å². The number of carboxylic acid groups (broad SMARTS) is 1. The van der Waals surface area contributed by atoms with Crippen LogP contribution in [0.4, 0.5) is 38.0 Å². The number of hydrogen-bond donors (Lipinski definition) is 1. The highest BCUT2D eigenvalue weighted by Crippen LogP contribution is 2.42. The summed E-state index contributed by atoms with van der Waals surface area (Å²) in [5, 5.41) is 21.6. The molecule has 8 nitrogen and oxygen atoms in total. The second-order valence-corrected chi connectivity index (χ2v) is 12.2. The number of halogens is 6. The molecule has 2 aromatic carbocycles. The minimum atomic E-state index is -4.98. The summed E-state index contributed by atoms with van der Waals surface area (Å²) >= 11 is 0. The first kappa shape index (κ1) is 33.1. The third-order valence-electron chi connectivity index (χ3n) is 8.07. The third-order valence-corrected chi connectivity index (χ3v) is 8.07. The quantitative estimate of drug-likeness (QED) is 0.254. The van der Waals surface area contributed by atoms with E-state index in [0.29, 0.717) is 32.4 Å². The van der Waals surface area contributed by atoms with Crippen LogP contribution in [0.5, 0.6) is 0 Å². The number of hydrogen-bond acceptors (Lipinski definition) is 6. The van der Waals surface area contributed by atoms with Crippen LogP contribution in [-0.4, -0.2) is 44.4 Å². The number of nitrogens with zero attached hydrogens (tertiary/aromatic N) is 6. The van der Waals surface area contributed by atoms with E-state index in [0.717, 1.165) is 34.5 Å². The molecule has 3 aromatic rings. The number of anilines is 2. The summed E-state index contributed by atoms with van der Waals surface area (Å²) in [4.78, 5) is 16.4. The van der Waals surface area contributed by atoms with E-state index >= 15 is 0 Å². The summed E-state index contributed by atoms with van der Waals surface area (Å²) in [5.74, 6) is -0.808. The lowest BCUT2D eigenvalue weighted by atomic mass is 9.85. The lowest BCUT2D eigenvalue weighted by molar-refractivity contribution is -0.143. The lowest BCUT2D eigenvalue weighted by Crippen LogP contribution is -2.31. The number of tetrazole rings is 1. The molecule has 0 bridgehead atoms. The minimum absolute atomic E-state index is 0.00623. The van der Waals surface area contributed by atoms with Crippen LogP contribution >= 0.6 is 0 Å². The van der Waals surface area contributed by atoms with E-state index in [1.165, 1.54) is 11.8 Å². The zero-order valence-corrected chi connectivity index (χ0v) is 25.2. The van der Waals surface area contributed by atoms with E-state index in [2.05, 4.69) is 20.3 Å². The SMILES string of the molecule is Cc1cc2c(cc1C)N(CCC(C)(C)CC(=O)O)CCC[C@@H]2N(Cc1cc(C(F)(F)F)cc(C(F)(F)F)c1)c1nnn(C)n1. The number of aromatic nitrogens is 4. The smallest absolute Gasteiger partial charge is 0.416 e. The van der Waals surface area contributed by atoms with E-state index < -0.39 is 40.9 Å². The maximum absolute atomic E-state index is 13.7. The number of carboxylic acids is 1. The van der Waals surface area contributed by atoms with Gasteiger partial charge in [-0.05, 0) is 90.3 Å². The largest absolute Gasteiger partial charge is 0.481 e. The Kier molecular flexibility index (Phi) is 9.22. The van der Waals surface area contributed by atoms with Gasteiger partial charge in [-0.15, -0.1) is 5.10 Å². The first-order chi connectivity index (χ1) is 20.3. The standard InChI is InChI=1S/C30H36F6N6O2/c1-18-11-23-24(7-6-9-41(25(23)12-19(18)2)10-8-28(3,4)16-26(43)44)42(27-37-39-40(5)38-27)17-20-13-21(29(31,32)33)15-22(14-20)30(34,35)36/h11-15,24H,6-10,16-17H2,1-5H3,(H,43,44)/t24-/m0/s1. The second kappa shape index (κ2) is 12.3. The average Bonchev–Trinajstić information content (AvgIpc) is 3.25. The lowest BCUT2D eigenvalue weighted by Gasteiger charge is -2.34. The molecule has 4 rings (SSSR count). The first-order valence-corrected chi connectivity index (χ1v) is 14.2. The van der Waals surface area contributed by atoms with Gasteiger partial charge in [0.1, 0.15) is 0 Å².